The van der Waals surface area contributed by atoms with Gasteiger partial charge < -0.3 is 29.0 Å². The van der Waals surface area contributed by atoms with Crippen LogP contribution in [0.4, 0.5) is 11.5 Å². The molecule has 0 radical (unpaired) electrons. The number of pyridine rings is 1. The van der Waals surface area contributed by atoms with E-state index in [1.807, 2.05) is 24.3 Å². The molecule has 4 aromatic rings. The number of nitrogens with zero attached hydrogens (tertiary/aromatic N) is 3. The zero-order valence-corrected chi connectivity index (χ0v) is 21.5. The molecule has 1 fully saturated rings. The molecule has 1 N–H and O–H groups in total. The van der Waals surface area contributed by atoms with E-state index in [4.69, 9.17) is 18.9 Å². The Morgan fingerprint density at radius 1 is 0.949 bits per heavy atom. The molecule has 0 unspecified atom stereocenters. The predicted molar refractivity (Wildman–Crippen MR) is 145 cm³/mol. The van der Waals surface area contributed by atoms with Crippen LogP contribution in [0.1, 0.15) is 27.8 Å². The molecule has 1 saturated heterocycles. The second kappa shape index (κ2) is 11.7. The number of rotatable bonds is 8. The maximum absolute atomic E-state index is 12.7. The molecule has 2 amide bonds. The van der Waals surface area contributed by atoms with Crippen molar-refractivity contribution < 1.29 is 28.3 Å². The lowest BCUT2D eigenvalue weighted by molar-refractivity contribution is -0.118. The Labute approximate surface area is 225 Å². The molecule has 2 aromatic carbocycles. The molecule has 200 valence electrons. The number of furan rings is 1. The molecule has 0 bridgehead atoms. The number of nitrogens with one attached hydrogen (secondary N) is 1. The summed E-state index contributed by atoms with van der Waals surface area (Å²) >= 11 is 0. The highest BCUT2D eigenvalue weighted by Gasteiger charge is 2.24. The summed E-state index contributed by atoms with van der Waals surface area (Å²) in [5, 5.41) is 3.59. The number of amides is 2. The summed E-state index contributed by atoms with van der Waals surface area (Å²) in [5.41, 5.74) is 1.26. The molecule has 0 atom stereocenters. The SMILES string of the molecule is CCOC(=O)c1ccccc1NC(=O)COc1cccc2ccc(N3CCN(C(=O)c4ccco4)CC3)nc12. The average molecular weight is 529 g/mol. The molecule has 0 aliphatic carbocycles. The van der Waals surface area contributed by atoms with Crippen LogP contribution in [0.5, 0.6) is 5.75 Å². The second-order valence-electron chi connectivity index (χ2n) is 8.86. The zero-order valence-electron chi connectivity index (χ0n) is 21.5. The van der Waals surface area contributed by atoms with Crippen molar-refractivity contribution in [2.24, 2.45) is 0 Å². The van der Waals surface area contributed by atoms with Gasteiger partial charge in [0.25, 0.3) is 11.8 Å². The summed E-state index contributed by atoms with van der Waals surface area (Å²) in [7, 11) is 0. The Balaban J connectivity index is 1.24. The quantitative estimate of drug-likeness (QED) is 0.342. The fourth-order valence-electron chi connectivity index (χ4n) is 4.41. The van der Waals surface area contributed by atoms with Crippen molar-refractivity contribution in [3.8, 4) is 5.75 Å². The van der Waals surface area contributed by atoms with Crippen LogP contribution in [-0.4, -0.2) is 67.1 Å². The van der Waals surface area contributed by atoms with Gasteiger partial charge in [0.05, 0.1) is 24.1 Å². The van der Waals surface area contributed by atoms with Crippen molar-refractivity contribution in [3.05, 3.63) is 84.3 Å². The molecule has 3 heterocycles. The fourth-order valence-corrected chi connectivity index (χ4v) is 4.41. The van der Waals surface area contributed by atoms with E-state index in [1.54, 1.807) is 54.3 Å². The molecule has 0 spiro atoms. The van der Waals surface area contributed by atoms with E-state index in [-0.39, 0.29) is 24.7 Å². The summed E-state index contributed by atoms with van der Waals surface area (Å²) in [6, 6.07) is 19.5. The van der Waals surface area contributed by atoms with Crippen LogP contribution in [0.2, 0.25) is 0 Å². The molecule has 0 saturated carbocycles. The number of hydrogen-bond donors (Lipinski definition) is 1. The van der Waals surface area contributed by atoms with E-state index < -0.39 is 11.9 Å². The van der Waals surface area contributed by atoms with Gasteiger partial charge in [0.2, 0.25) is 0 Å². The van der Waals surface area contributed by atoms with E-state index in [9.17, 15) is 14.4 Å². The van der Waals surface area contributed by atoms with E-state index in [2.05, 4.69) is 10.2 Å². The molecular formula is C29H28N4O6. The number of piperazine rings is 1. The maximum atomic E-state index is 12.7. The topological polar surface area (TPSA) is 114 Å². The summed E-state index contributed by atoms with van der Waals surface area (Å²) in [5.74, 6) is 0.516. The molecular weight excluding hydrogens is 500 g/mol. The third kappa shape index (κ3) is 5.85. The molecule has 10 heteroatoms. The molecule has 39 heavy (non-hydrogen) atoms. The van der Waals surface area contributed by atoms with E-state index in [1.165, 1.54) is 6.26 Å². The number of carbonyl (C=O) groups is 3. The number of anilines is 2. The van der Waals surface area contributed by atoms with Crippen molar-refractivity contribution in [1.82, 2.24) is 9.88 Å². The van der Waals surface area contributed by atoms with Gasteiger partial charge in [-0.25, -0.2) is 9.78 Å². The minimum Gasteiger partial charge on any atom is -0.481 e. The monoisotopic (exact) mass is 528 g/mol. The van der Waals surface area contributed by atoms with E-state index >= 15 is 0 Å². The number of para-hydroxylation sites is 2. The Hall–Kier alpha value is -4.86. The lowest BCUT2D eigenvalue weighted by Crippen LogP contribution is -2.49. The maximum Gasteiger partial charge on any atom is 0.340 e. The largest absolute Gasteiger partial charge is 0.481 e. The number of aromatic nitrogens is 1. The highest BCUT2D eigenvalue weighted by atomic mass is 16.5. The van der Waals surface area contributed by atoms with Crippen LogP contribution < -0.4 is 15.0 Å². The Kier molecular flexibility index (Phi) is 7.72. The van der Waals surface area contributed by atoms with Gasteiger partial charge >= 0.3 is 5.97 Å². The van der Waals surface area contributed by atoms with Crippen LogP contribution in [0.25, 0.3) is 10.9 Å². The number of fused-ring (bicyclic) bond motifs is 1. The Morgan fingerprint density at radius 3 is 2.54 bits per heavy atom. The van der Waals surface area contributed by atoms with Gasteiger partial charge in [-0.3, -0.25) is 9.59 Å². The van der Waals surface area contributed by atoms with Gasteiger partial charge in [-0.2, -0.15) is 0 Å². The number of benzene rings is 2. The number of carbonyl (C=O) groups excluding carboxylic acids is 3. The van der Waals surface area contributed by atoms with Crippen LogP contribution in [0.15, 0.2) is 77.4 Å². The smallest absolute Gasteiger partial charge is 0.340 e. The summed E-state index contributed by atoms with van der Waals surface area (Å²) in [6.45, 7) is 4.02. The first-order valence-corrected chi connectivity index (χ1v) is 12.7. The van der Waals surface area contributed by atoms with Crippen molar-refractivity contribution in [2.75, 3.05) is 49.6 Å². The van der Waals surface area contributed by atoms with Crippen molar-refractivity contribution in [1.29, 1.82) is 0 Å². The van der Waals surface area contributed by atoms with Crippen molar-refractivity contribution >= 4 is 40.2 Å². The first kappa shape index (κ1) is 25.8. The third-order valence-electron chi connectivity index (χ3n) is 6.35. The molecule has 2 aromatic heterocycles. The highest BCUT2D eigenvalue weighted by molar-refractivity contribution is 6.01. The third-order valence-corrected chi connectivity index (χ3v) is 6.35. The van der Waals surface area contributed by atoms with Crippen LogP contribution in [0.3, 0.4) is 0 Å². The minimum atomic E-state index is -0.508. The van der Waals surface area contributed by atoms with Crippen molar-refractivity contribution in [2.45, 2.75) is 6.92 Å². The summed E-state index contributed by atoms with van der Waals surface area (Å²) in [4.78, 5) is 46.2. The minimum absolute atomic E-state index is 0.120. The van der Waals surface area contributed by atoms with Crippen LogP contribution in [-0.2, 0) is 9.53 Å². The summed E-state index contributed by atoms with van der Waals surface area (Å²) in [6.07, 6.45) is 1.49. The predicted octanol–water partition coefficient (Wildman–Crippen LogP) is 3.98. The van der Waals surface area contributed by atoms with Crippen LogP contribution >= 0.6 is 0 Å². The Morgan fingerprint density at radius 2 is 1.77 bits per heavy atom. The van der Waals surface area contributed by atoms with Gasteiger partial charge in [0.15, 0.2) is 12.4 Å². The fraction of sp³-hybridized carbons (Fsp3) is 0.241. The van der Waals surface area contributed by atoms with Gasteiger partial charge in [-0.05, 0) is 49.4 Å². The number of ether oxygens (including phenoxy) is 2. The molecule has 5 rings (SSSR count). The standard InChI is InChI=1S/C29H28N4O6/c1-2-37-29(36)21-8-3-4-9-22(21)30-26(34)19-39-23-10-5-7-20-12-13-25(31-27(20)23)32-14-16-33(17-15-32)28(35)24-11-6-18-38-24/h3-13,18H,2,14-17,19H2,1H3,(H,30,34). The lowest BCUT2D eigenvalue weighted by atomic mass is 10.2. The highest BCUT2D eigenvalue weighted by Crippen LogP contribution is 2.27. The molecule has 1 aliphatic heterocycles. The van der Waals surface area contributed by atoms with Gasteiger partial charge in [0, 0.05) is 31.6 Å². The van der Waals surface area contributed by atoms with E-state index in [0.717, 1.165) is 11.2 Å². The van der Waals surface area contributed by atoms with Crippen LogP contribution in [0, 0.1) is 0 Å². The molecule has 10 nitrogen and oxygen atoms in total. The second-order valence-corrected chi connectivity index (χ2v) is 8.86. The molecule has 1 aliphatic rings. The first-order chi connectivity index (χ1) is 19.0. The normalized spacial score (nSPS) is 13.3. The average Bonchev–Trinajstić information content (AvgIpc) is 3.51. The summed E-state index contributed by atoms with van der Waals surface area (Å²) < 4.78 is 16.2. The van der Waals surface area contributed by atoms with Gasteiger partial charge in [0.1, 0.15) is 17.1 Å². The number of hydrogen-bond acceptors (Lipinski definition) is 8. The van der Waals surface area contributed by atoms with Gasteiger partial charge in [-0.15, -0.1) is 0 Å². The number of esters is 1. The van der Waals surface area contributed by atoms with E-state index in [0.29, 0.717) is 48.9 Å². The lowest BCUT2D eigenvalue weighted by Gasteiger charge is -2.35. The Bertz CT molecular complexity index is 1480. The zero-order chi connectivity index (χ0) is 27.2. The van der Waals surface area contributed by atoms with Crippen molar-refractivity contribution in [3.63, 3.8) is 0 Å². The van der Waals surface area contributed by atoms with Gasteiger partial charge in [-0.1, -0.05) is 24.3 Å². The first-order valence-electron chi connectivity index (χ1n) is 12.7.